The van der Waals surface area contributed by atoms with Crippen molar-refractivity contribution in [3.63, 3.8) is 0 Å². The van der Waals surface area contributed by atoms with Gasteiger partial charge in [0.25, 0.3) is 5.91 Å². The molecule has 126 valence electrons. The Labute approximate surface area is 149 Å². The minimum Gasteiger partial charge on any atom is -0.272 e. The van der Waals surface area contributed by atoms with Gasteiger partial charge in [0.1, 0.15) is 5.69 Å². The molecule has 4 rings (SSSR count). The van der Waals surface area contributed by atoms with E-state index in [4.69, 9.17) is 0 Å². The fourth-order valence-corrected chi connectivity index (χ4v) is 2.69. The Morgan fingerprint density at radius 1 is 1.04 bits per heavy atom. The number of carbonyl (C=O) groups excluding carboxylic acids is 1. The second-order valence-corrected chi connectivity index (χ2v) is 5.65. The molecule has 0 bridgehead atoms. The molecular weight excluding hydrogens is 326 g/mol. The molecule has 2 aromatic heterocycles. The quantitative estimate of drug-likeness (QED) is 0.441. The molecule has 0 saturated heterocycles. The van der Waals surface area contributed by atoms with Crippen LogP contribution in [0, 0.1) is 0 Å². The first-order valence-electron chi connectivity index (χ1n) is 8.09. The van der Waals surface area contributed by atoms with Crippen molar-refractivity contribution in [2.45, 2.75) is 0 Å². The number of nitrogens with one attached hydrogen (secondary N) is 2. The molecular formula is C20H15N5O. The van der Waals surface area contributed by atoms with Crippen LogP contribution in [0.2, 0.25) is 0 Å². The maximum atomic E-state index is 12.2. The Kier molecular flexibility index (Phi) is 4.22. The van der Waals surface area contributed by atoms with E-state index in [1.807, 2.05) is 54.6 Å². The topological polar surface area (TPSA) is 83.0 Å². The first-order valence-corrected chi connectivity index (χ1v) is 8.09. The zero-order chi connectivity index (χ0) is 17.8. The van der Waals surface area contributed by atoms with Gasteiger partial charge >= 0.3 is 0 Å². The summed E-state index contributed by atoms with van der Waals surface area (Å²) in [5.41, 5.74) is 5.15. The fraction of sp³-hybridized carbons (Fsp3) is 0. The zero-order valence-electron chi connectivity index (χ0n) is 13.8. The van der Waals surface area contributed by atoms with Crippen molar-refractivity contribution in [1.29, 1.82) is 0 Å². The summed E-state index contributed by atoms with van der Waals surface area (Å²) in [7, 11) is 0. The Morgan fingerprint density at radius 3 is 2.77 bits per heavy atom. The van der Waals surface area contributed by atoms with Crippen LogP contribution in [0.1, 0.15) is 16.2 Å². The molecule has 0 radical (unpaired) electrons. The Balaban J connectivity index is 1.54. The molecule has 0 saturated carbocycles. The van der Waals surface area contributed by atoms with Crippen LogP contribution in [0.25, 0.3) is 22.0 Å². The number of benzene rings is 2. The SMILES string of the molecule is O=C(NN=Cc1ccccn1)c1cc(-c2cccc3ccccc23)n[nH]1. The van der Waals surface area contributed by atoms with Gasteiger partial charge in [-0.25, -0.2) is 5.43 Å². The van der Waals surface area contributed by atoms with Crippen LogP contribution >= 0.6 is 0 Å². The molecule has 0 unspecified atom stereocenters. The van der Waals surface area contributed by atoms with E-state index < -0.39 is 0 Å². The van der Waals surface area contributed by atoms with E-state index in [-0.39, 0.29) is 5.91 Å². The third-order valence-electron chi connectivity index (χ3n) is 3.94. The van der Waals surface area contributed by atoms with Crippen LogP contribution in [-0.2, 0) is 0 Å². The van der Waals surface area contributed by atoms with Crippen molar-refractivity contribution in [3.8, 4) is 11.3 Å². The summed E-state index contributed by atoms with van der Waals surface area (Å²) in [6, 6.07) is 21.2. The number of fused-ring (bicyclic) bond motifs is 1. The lowest BCUT2D eigenvalue weighted by atomic mass is 10.0. The van der Waals surface area contributed by atoms with Crippen LogP contribution in [0.5, 0.6) is 0 Å². The van der Waals surface area contributed by atoms with E-state index in [0.717, 1.165) is 16.3 Å². The van der Waals surface area contributed by atoms with Gasteiger partial charge in [-0.2, -0.15) is 10.2 Å². The smallest absolute Gasteiger partial charge is 0.272 e. The van der Waals surface area contributed by atoms with Gasteiger partial charge in [-0.1, -0.05) is 48.5 Å². The average Bonchev–Trinajstić information content (AvgIpc) is 3.18. The molecule has 0 aliphatic carbocycles. The average molecular weight is 341 g/mol. The Hall–Kier alpha value is -3.80. The molecule has 2 N–H and O–H groups in total. The second kappa shape index (κ2) is 6.98. The van der Waals surface area contributed by atoms with E-state index in [0.29, 0.717) is 17.1 Å². The third-order valence-corrected chi connectivity index (χ3v) is 3.94. The number of H-pyrrole nitrogens is 1. The fourth-order valence-electron chi connectivity index (χ4n) is 2.69. The molecule has 0 aliphatic rings. The van der Waals surface area contributed by atoms with Crippen molar-refractivity contribution in [2.75, 3.05) is 0 Å². The summed E-state index contributed by atoms with van der Waals surface area (Å²) in [6.45, 7) is 0. The summed E-state index contributed by atoms with van der Waals surface area (Å²) in [6.07, 6.45) is 3.15. The lowest BCUT2D eigenvalue weighted by molar-refractivity contribution is 0.0950. The van der Waals surface area contributed by atoms with Gasteiger partial charge in [0.2, 0.25) is 0 Å². The van der Waals surface area contributed by atoms with E-state index in [1.54, 1.807) is 18.3 Å². The van der Waals surface area contributed by atoms with E-state index in [1.165, 1.54) is 6.21 Å². The number of hydrazone groups is 1. The standard InChI is InChI=1S/C20H15N5O/c26-20(25-22-13-15-8-3-4-11-21-15)19-12-18(23-24-19)17-10-5-7-14-6-1-2-9-16(14)17/h1-13H,(H,23,24)(H,25,26). The summed E-state index contributed by atoms with van der Waals surface area (Å²) in [5.74, 6) is -0.365. The van der Waals surface area contributed by atoms with E-state index in [2.05, 4.69) is 25.7 Å². The summed E-state index contributed by atoms with van der Waals surface area (Å²) in [4.78, 5) is 16.3. The molecule has 2 heterocycles. The minimum atomic E-state index is -0.365. The summed E-state index contributed by atoms with van der Waals surface area (Å²) >= 11 is 0. The Bertz CT molecular complexity index is 1080. The molecule has 6 heteroatoms. The second-order valence-electron chi connectivity index (χ2n) is 5.65. The number of hydrogen-bond donors (Lipinski definition) is 2. The van der Waals surface area contributed by atoms with Crippen molar-refractivity contribution in [2.24, 2.45) is 5.10 Å². The normalized spacial score (nSPS) is 11.1. The maximum Gasteiger partial charge on any atom is 0.289 e. The highest BCUT2D eigenvalue weighted by molar-refractivity contribution is 5.98. The highest BCUT2D eigenvalue weighted by Gasteiger charge is 2.12. The van der Waals surface area contributed by atoms with E-state index >= 15 is 0 Å². The van der Waals surface area contributed by atoms with Crippen molar-refractivity contribution >= 4 is 22.9 Å². The van der Waals surface area contributed by atoms with Gasteiger partial charge in [-0.05, 0) is 29.0 Å². The van der Waals surface area contributed by atoms with Gasteiger partial charge < -0.3 is 0 Å². The van der Waals surface area contributed by atoms with Crippen molar-refractivity contribution in [1.82, 2.24) is 20.6 Å². The van der Waals surface area contributed by atoms with Crippen LogP contribution in [0.4, 0.5) is 0 Å². The van der Waals surface area contributed by atoms with Crippen molar-refractivity contribution in [3.05, 3.63) is 84.3 Å². The highest BCUT2D eigenvalue weighted by Crippen LogP contribution is 2.27. The number of nitrogens with zero attached hydrogens (tertiary/aromatic N) is 3. The minimum absolute atomic E-state index is 0.339. The maximum absolute atomic E-state index is 12.2. The van der Waals surface area contributed by atoms with Gasteiger partial charge in [0.15, 0.2) is 0 Å². The van der Waals surface area contributed by atoms with Crippen LogP contribution in [0.15, 0.2) is 78.0 Å². The summed E-state index contributed by atoms with van der Waals surface area (Å²) in [5, 5.41) is 13.2. The number of rotatable bonds is 4. The molecule has 6 nitrogen and oxygen atoms in total. The number of amides is 1. The first-order chi connectivity index (χ1) is 12.8. The van der Waals surface area contributed by atoms with Crippen LogP contribution in [0.3, 0.4) is 0 Å². The number of hydrogen-bond acceptors (Lipinski definition) is 4. The van der Waals surface area contributed by atoms with Crippen molar-refractivity contribution < 1.29 is 4.79 Å². The Morgan fingerprint density at radius 2 is 1.88 bits per heavy atom. The molecule has 0 atom stereocenters. The van der Waals surface area contributed by atoms with Crippen LogP contribution < -0.4 is 5.43 Å². The number of aromatic nitrogens is 3. The molecule has 1 amide bonds. The number of carbonyl (C=O) groups is 1. The largest absolute Gasteiger partial charge is 0.289 e. The molecule has 4 aromatic rings. The molecule has 0 spiro atoms. The summed E-state index contributed by atoms with van der Waals surface area (Å²) < 4.78 is 0. The number of aromatic amines is 1. The van der Waals surface area contributed by atoms with Gasteiger partial charge in [0, 0.05) is 11.8 Å². The molecule has 2 aromatic carbocycles. The predicted octanol–water partition coefficient (Wildman–Crippen LogP) is 3.39. The highest BCUT2D eigenvalue weighted by atomic mass is 16.2. The van der Waals surface area contributed by atoms with Gasteiger partial charge in [0.05, 0.1) is 17.6 Å². The van der Waals surface area contributed by atoms with Crippen LogP contribution in [-0.4, -0.2) is 27.3 Å². The molecule has 26 heavy (non-hydrogen) atoms. The zero-order valence-corrected chi connectivity index (χ0v) is 13.8. The van der Waals surface area contributed by atoms with E-state index in [9.17, 15) is 4.79 Å². The molecule has 0 fully saturated rings. The molecule has 0 aliphatic heterocycles. The van der Waals surface area contributed by atoms with Gasteiger partial charge in [-0.3, -0.25) is 14.9 Å². The monoisotopic (exact) mass is 341 g/mol. The lowest BCUT2D eigenvalue weighted by Gasteiger charge is -2.02. The first kappa shape index (κ1) is 15.7. The third kappa shape index (κ3) is 3.21. The van der Waals surface area contributed by atoms with Gasteiger partial charge in [-0.15, -0.1) is 0 Å². The predicted molar refractivity (Wildman–Crippen MR) is 101 cm³/mol. The lowest BCUT2D eigenvalue weighted by Crippen LogP contribution is -2.18. The number of pyridine rings is 1.